The van der Waals surface area contributed by atoms with E-state index in [9.17, 15) is 4.79 Å². The number of nitriles is 1. The molecule has 4 heteroatoms. The first-order valence-electron chi connectivity index (χ1n) is 5.92. The van der Waals surface area contributed by atoms with Crippen LogP contribution in [0.4, 0.5) is 0 Å². The minimum atomic E-state index is -1.23. The number of aliphatic hydroxyl groups excluding tert-OH is 1. The Bertz CT molecular complexity index is 420. The van der Waals surface area contributed by atoms with Crippen LogP contribution in [0.2, 0.25) is 0 Å². The van der Waals surface area contributed by atoms with E-state index < -0.39 is 12.1 Å². The van der Waals surface area contributed by atoms with E-state index in [4.69, 9.17) is 10.4 Å². The van der Waals surface area contributed by atoms with E-state index >= 15 is 0 Å². The van der Waals surface area contributed by atoms with Crippen LogP contribution in [-0.2, 0) is 0 Å². The van der Waals surface area contributed by atoms with Crippen molar-refractivity contribution in [2.45, 2.75) is 33.2 Å². The fourth-order valence-corrected chi connectivity index (χ4v) is 1.13. The maximum absolute atomic E-state index is 11.7. The monoisotopic (exact) mass is 248 g/mol. The summed E-state index contributed by atoms with van der Waals surface area (Å²) in [4.78, 5) is 11.7. The van der Waals surface area contributed by atoms with Crippen LogP contribution in [0.1, 0.15) is 36.7 Å². The Kier molecular flexibility index (Phi) is 6.69. The van der Waals surface area contributed by atoms with Gasteiger partial charge in [-0.15, -0.1) is 0 Å². The molecule has 1 atom stereocenters. The molecule has 0 fully saturated rings. The minimum absolute atomic E-state index is 0.363. The van der Waals surface area contributed by atoms with Crippen LogP contribution in [0.25, 0.3) is 0 Å². The van der Waals surface area contributed by atoms with Crippen LogP contribution < -0.4 is 5.32 Å². The van der Waals surface area contributed by atoms with Gasteiger partial charge in [0.05, 0.1) is 12.7 Å². The van der Waals surface area contributed by atoms with Crippen LogP contribution in [0.5, 0.6) is 0 Å². The zero-order valence-electron chi connectivity index (χ0n) is 11.3. The third kappa shape index (κ3) is 4.56. The second kappa shape index (κ2) is 7.46. The van der Waals surface area contributed by atoms with Crippen LogP contribution in [0.3, 0.4) is 0 Å². The topological polar surface area (TPSA) is 73.1 Å². The first-order chi connectivity index (χ1) is 8.50. The standard InChI is InChI=1S/C12H14N2O2.C2H6/c1-9-3-5-10(6-4-9)11(16)14-12(2,7-13)8-15;1-2/h3-6,15H,8H2,1-2H3,(H,14,16);1-2H3. The number of aryl methyl sites for hydroxylation is 1. The summed E-state index contributed by atoms with van der Waals surface area (Å²) < 4.78 is 0. The Morgan fingerprint density at radius 2 is 1.89 bits per heavy atom. The first-order valence-corrected chi connectivity index (χ1v) is 5.92. The average Bonchev–Trinajstić information content (AvgIpc) is 2.41. The van der Waals surface area contributed by atoms with Gasteiger partial charge in [-0.2, -0.15) is 5.26 Å². The molecule has 4 nitrogen and oxygen atoms in total. The number of carbonyl (C=O) groups is 1. The van der Waals surface area contributed by atoms with Gasteiger partial charge in [0, 0.05) is 5.56 Å². The molecule has 18 heavy (non-hydrogen) atoms. The van der Waals surface area contributed by atoms with Gasteiger partial charge in [0.15, 0.2) is 0 Å². The molecule has 0 saturated heterocycles. The van der Waals surface area contributed by atoms with Gasteiger partial charge in [-0.05, 0) is 26.0 Å². The number of hydrogen-bond donors (Lipinski definition) is 2. The molecule has 98 valence electrons. The lowest BCUT2D eigenvalue weighted by Crippen LogP contribution is -2.47. The second-order valence-electron chi connectivity index (χ2n) is 3.92. The summed E-state index contributed by atoms with van der Waals surface area (Å²) in [5, 5.41) is 20.3. The Morgan fingerprint density at radius 3 is 2.28 bits per heavy atom. The molecular weight excluding hydrogens is 228 g/mol. The van der Waals surface area contributed by atoms with E-state index in [0.717, 1.165) is 5.56 Å². The fraction of sp³-hybridized carbons (Fsp3) is 0.429. The Labute approximate surface area is 108 Å². The summed E-state index contributed by atoms with van der Waals surface area (Å²) in [5.41, 5.74) is 0.296. The fourth-order valence-electron chi connectivity index (χ4n) is 1.13. The molecule has 0 saturated carbocycles. The van der Waals surface area contributed by atoms with Gasteiger partial charge in [0.2, 0.25) is 0 Å². The van der Waals surface area contributed by atoms with Crippen molar-refractivity contribution in [3.63, 3.8) is 0 Å². The van der Waals surface area contributed by atoms with Crippen molar-refractivity contribution in [2.24, 2.45) is 0 Å². The van der Waals surface area contributed by atoms with E-state index in [0.29, 0.717) is 5.56 Å². The largest absolute Gasteiger partial charge is 0.393 e. The molecule has 1 aromatic rings. The quantitative estimate of drug-likeness (QED) is 0.859. The Balaban J connectivity index is 0.00000137. The predicted molar refractivity (Wildman–Crippen MR) is 71.1 cm³/mol. The van der Waals surface area contributed by atoms with Crippen molar-refractivity contribution in [2.75, 3.05) is 6.61 Å². The highest BCUT2D eigenvalue weighted by Crippen LogP contribution is 2.06. The lowest BCUT2D eigenvalue weighted by molar-refractivity contribution is 0.0893. The molecular formula is C14H20N2O2. The lowest BCUT2D eigenvalue weighted by Gasteiger charge is -2.20. The zero-order valence-corrected chi connectivity index (χ0v) is 11.3. The molecule has 0 aliphatic rings. The molecule has 1 aromatic carbocycles. The molecule has 1 unspecified atom stereocenters. The number of benzene rings is 1. The van der Waals surface area contributed by atoms with Crippen molar-refractivity contribution >= 4 is 5.91 Å². The molecule has 0 aliphatic heterocycles. The highest BCUT2D eigenvalue weighted by Gasteiger charge is 2.25. The molecule has 0 spiro atoms. The smallest absolute Gasteiger partial charge is 0.252 e. The van der Waals surface area contributed by atoms with Gasteiger partial charge in [-0.3, -0.25) is 4.79 Å². The number of nitrogens with one attached hydrogen (secondary N) is 1. The molecule has 0 bridgehead atoms. The average molecular weight is 248 g/mol. The van der Waals surface area contributed by atoms with Crippen molar-refractivity contribution in [1.82, 2.24) is 5.32 Å². The molecule has 0 heterocycles. The Hall–Kier alpha value is -1.86. The number of amides is 1. The summed E-state index contributed by atoms with van der Waals surface area (Å²) in [6.07, 6.45) is 0. The van der Waals surface area contributed by atoms with Gasteiger partial charge >= 0.3 is 0 Å². The third-order valence-corrected chi connectivity index (χ3v) is 2.27. The summed E-state index contributed by atoms with van der Waals surface area (Å²) >= 11 is 0. The normalized spacial score (nSPS) is 12.4. The van der Waals surface area contributed by atoms with E-state index in [1.165, 1.54) is 6.92 Å². The van der Waals surface area contributed by atoms with Gasteiger partial charge in [0.25, 0.3) is 5.91 Å². The predicted octanol–water partition coefficient (Wildman–Crippen LogP) is 2.03. The van der Waals surface area contributed by atoms with Crippen molar-refractivity contribution < 1.29 is 9.90 Å². The van der Waals surface area contributed by atoms with Crippen LogP contribution in [0, 0.1) is 18.3 Å². The molecule has 0 radical (unpaired) electrons. The van der Waals surface area contributed by atoms with E-state index in [-0.39, 0.29) is 5.91 Å². The molecule has 2 N–H and O–H groups in total. The highest BCUT2D eigenvalue weighted by atomic mass is 16.3. The molecule has 1 amide bonds. The maximum Gasteiger partial charge on any atom is 0.252 e. The van der Waals surface area contributed by atoms with Crippen molar-refractivity contribution in [3.8, 4) is 6.07 Å². The number of carbonyl (C=O) groups excluding carboxylic acids is 1. The van der Waals surface area contributed by atoms with Gasteiger partial charge in [0.1, 0.15) is 5.54 Å². The van der Waals surface area contributed by atoms with E-state index in [2.05, 4.69) is 5.32 Å². The van der Waals surface area contributed by atoms with Gasteiger partial charge < -0.3 is 10.4 Å². The Morgan fingerprint density at radius 1 is 1.39 bits per heavy atom. The number of aliphatic hydroxyl groups is 1. The van der Waals surface area contributed by atoms with E-state index in [1.54, 1.807) is 12.1 Å². The summed E-state index contributed by atoms with van der Waals surface area (Å²) in [6.45, 7) is 6.98. The first kappa shape index (κ1) is 16.1. The number of rotatable bonds is 3. The lowest BCUT2D eigenvalue weighted by atomic mass is 10.1. The van der Waals surface area contributed by atoms with Crippen molar-refractivity contribution in [1.29, 1.82) is 5.26 Å². The highest BCUT2D eigenvalue weighted by molar-refractivity contribution is 5.94. The van der Waals surface area contributed by atoms with Crippen LogP contribution >= 0.6 is 0 Å². The molecule has 0 aromatic heterocycles. The second-order valence-corrected chi connectivity index (χ2v) is 3.92. The van der Waals surface area contributed by atoms with Crippen LogP contribution in [-0.4, -0.2) is 23.2 Å². The zero-order chi connectivity index (χ0) is 14.2. The van der Waals surface area contributed by atoms with Crippen molar-refractivity contribution in [3.05, 3.63) is 35.4 Å². The third-order valence-electron chi connectivity index (χ3n) is 2.27. The summed E-state index contributed by atoms with van der Waals surface area (Å²) in [7, 11) is 0. The maximum atomic E-state index is 11.7. The number of hydrogen-bond acceptors (Lipinski definition) is 3. The summed E-state index contributed by atoms with van der Waals surface area (Å²) in [6, 6.07) is 8.85. The molecule has 0 aliphatic carbocycles. The van der Waals surface area contributed by atoms with Crippen LogP contribution in [0.15, 0.2) is 24.3 Å². The van der Waals surface area contributed by atoms with Gasteiger partial charge in [-0.25, -0.2) is 0 Å². The SMILES string of the molecule is CC.Cc1ccc(C(=O)NC(C)(C#N)CO)cc1. The van der Waals surface area contributed by atoms with E-state index in [1.807, 2.05) is 39.0 Å². The molecule has 1 rings (SSSR count). The minimum Gasteiger partial charge on any atom is -0.393 e. The summed E-state index contributed by atoms with van der Waals surface area (Å²) in [5.74, 6) is -0.363. The number of nitrogens with zero attached hydrogens (tertiary/aromatic N) is 1. The van der Waals surface area contributed by atoms with Gasteiger partial charge in [-0.1, -0.05) is 31.5 Å².